The number of amides is 1. The van der Waals surface area contributed by atoms with E-state index in [9.17, 15) is 17.6 Å². The number of nitrogens with zero attached hydrogens (tertiary/aromatic N) is 4. The Hall–Kier alpha value is -2.60. The SMILES string of the molecule is CCOc1ccc2nc(N(CCN(CC)CC)C(=O)C3CCN(S(=O)(=O)c4ccc(F)cc4)CC3)sc2c1. The number of rotatable bonds is 11. The summed E-state index contributed by atoms with van der Waals surface area (Å²) in [5.41, 5.74) is 0.814. The van der Waals surface area contributed by atoms with Crippen molar-refractivity contribution >= 4 is 42.6 Å². The fourth-order valence-electron chi connectivity index (χ4n) is 4.67. The average Bonchev–Trinajstić information content (AvgIpc) is 3.34. The van der Waals surface area contributed by atoms with Crippen molar-refractivity contribution < 1.29 is 22.3 Å². The number of carbonyl (C=O) groups is 1. The number of benzene rings is 2. The number of fused-ring (bicyclic) bond motifs is 1. The van der Waals surface area contributed by atoms with Crippen molar-refractivity contribution in [3.8, 4) is 5.75 Å². The predicted octanol–water partition coefficient (Wildman–Crippen LogP) is 4.61. The van der Waals surface area contributed by atoms with Crippen LogP contribution in [0, 0.1) is 11.7 Å². The van der Waals surface area contributed by atoms with Crippen LogP contribution in [-0.2, 0) is 14.8 Å². The fraction of sp³-hybridized carbons (Fsp3) is 0.481. The lowest BCUT2D eigenvalue weighted by Crippen LogP contribution is -2.46. The third-order valence-electron chi connectivity index (χ3n) is 6.95. The van der Waals surface area contributed by atoms with Crippen molar-refractivity contribution in [2.45, 2.75) is 38.5 Å². The first-order valence-electron chi connectivity index (χ1n) is 13.1. The molecule has 38 heavy (non-hydrogen) atoms. The number of hydrogen-bond donors (Lipinski definition) is 0. The summed E-state index contributed by atoms with van der Waals surface area (Å²) in [6.07, 6.45) is 0.834. The number of sulfonamides is 1. The lowest BCUT2D eigenvalue weighted by molar-refractivity contribution is -0.123. The summed E-state index contributed by atoms with van der Waals surface area (Å²) in [4.78, 5) is 22.7. The highest BCUT2D eigenvalue weighted by molar-refractivity contribution is 7.89. The molecule has 1 aliphatic rings. The van der Waals surface area contributed by atoms with Crippen LogP contribution in [-0.4, -0.2) is 74.4 Å². The van der Waals surface area contributed by atoms with E-state index in [4.69, 9.17) is 9.72 Å². The molecule has 0 unspecified atom stereocenters. The standard InChI is InChI=1S/C27H35FN4O4S2/c1-4-30(5-2)17-18-32(27-29-24-12-9-22(36-6-3)19-25(24)37-27)26(33)20-13-15-31(16-14-20)38(34,35)23-10-7-21(28)8-11-23/h7-12,19-20H,4-6,13-18H2,1-3H3. The van der Waals surface area contributed by atoms with E-state index in [2.05, 4.69) is 18.7 Å². The molecule has 206 valence electrons. The van der Waals surface area contributed by atoms with Crippen LogP contribution >= 0.6 is 11.3 Å². The molecule has 2 aromatic carbocycles. The van der Waals surface area contributed by atoms with E-state index < -0.39 is 15.8 Å². The third-order valence-corrected chi connectivity index (χ3v) is 9.90. The summed E-state index contributed by atoms with van der Waals surface area (Å²) in [6.45, 7) is 10.2. The van der Waals surface area contributed by atoms with E-state index in [1.807, 2.05) is 25.1 Å². The van der Waals surface area contributed by atoms with Crippen molar-refractivity contribution in [1.82, 2.24) is 14.2 Å². The maximum atomic E-state index is 13.8. The van der Waals surface area contributed by atoms with E-state index in [1.54, 1.807) is 4.90 Å². The number of hydrogen-bond acceptors (Lipinski definition) is 7. The third kappa shape index (κ3) is 6.33. The Morgan fingerprint density at radius 2 is 1.76 bits per heavy atom. The summed E-state index contributed by atoms with van der Waals surface area (Å²) >= 11 is 1.47. The number of likely N-dealkylation sites (N-methyl/N-ethyl adjacent to an activating group) is 1. The molecule has 0 bridgehead atoms. The van der Waals surface area contributed by atoms with Crippen LogP contribution in [0.1, 0.15) is 33.6 Å². The first-order valence-corrected chi connectivity index (χ1v) is 15.3. The molecule has 1 aliphatic heterocycles. The van der Waals surface area contributed by atoms with Gasteiger partial charge in [0.1, 0.15) is 11.6 Å². The lowest BCUT2D eigenvalue weighted by Gasteiger charge is -2.33. The molecule has 1 fully saturated rings. The minimum atomic E-state index is -3.74. The van der Waals surface area contributed by atoms with Crippen molar-refractivity contribution in [1.29, 1.82) is 0 Å². The minimum Gasteiger partial charge on any atom is -0.494 e. The van der Waals surface area contributed by atoms with E-state index >= 15 is 0 Å². The summed E-state index contributed by atoms with van der Waals surface area (Å²) in [7, 11) is -3.74. The number of aromatic nitrogens is 1. The molecule has 0 saturated carbocycles. The molecule has 0 N–H and O–H groups in total. The first-order chi connectivity index (χ1) is 18.3. The summed E-state index contributed by atoms with van der Waals surface area (Å²) < 4.78 is 47.3. The van der Waals surface area contributed by atoms with Crippen LogP contribution in [0.2, 0.25) is 0 Å². The molecule has 1 amide bonds. The maximum Gasteiger partial charge on any atom is 0.243 e. The van der Waals surface area contributed by atoms with Crippen molar-refractivity contribution in [2.24, 2.45) is 5.92 Å². The summed E-state index contributed by atoms with van der Waals surface area (Å²) in [5.74, 6) is -0.0505. The van der Waals surface area contributed by atoms with Crippen LogP contribution in [0.15, 0.2) is 47.4 Å². The van der Waals surface area contributed by atoms with E-state index in [1.165, 1.54) is 27.8 Å². The Balaban J connectivity index is 1.52. The largest absolute Gasteiger partial charge is 0.494 e. The smallest absolute Gasteiger partial charge is 0.243 e. The topological polar surface area (TPSA) is 83.1 Å². The second-order valence-corrected chi connectivity index (χ2v) is 12.2. The molecule has 0 atom stereocenters. The Kier molecular flexibility index (Phi) is 9.35. The lowest BCUT2D eigenvalue weighted by atomic mass is 9.96. The van der Waals surface area contributed by atoms with Crippen LogP contribution in [0.4, 0.5) is 9.52 Å². The second-order valence-electron chi connectivity index (χ2n) is 9.21. The van der Waals surface area contributed by atoms with Gasteiger partial charge in [0.25, 0.3) is 0 Å². The second kappa shape index (κ2) is 12.5. The molecule has 3 aromatic rings. The number of thiazole rings is 1. The molecule has 0 aliphatic carbocycles. The van der Waals surface area contributed by atoms with Crippen molar-refractivity contribution in [2.75, 3.05) is 50.8 Å². The Morgan fingerprint density at radius 1 is 1.08 bits per heavy atom. The van der Waals surface area contributed by atoms with Gasteiger partial charge in [-0.1, -0.05) is 25.2 Å². The van der Waals surface area contributed by atoms with Gasteiger partial charge in [-0.05, 0) is 75.3 Å². The van der Waals surface area contributed by atoms with Crippen LogP contribution in [0.25, 0.3) is 10.2 Å². The molecule has 1 saturated heterocycles. The van der Waals surface area contributed by atoms with Crippen LogP contribution in [0.5, 0.6) is 5.75 Å². The van der Waals surface area contributed by atoms with Gasteiger partial charge >= 0.3 is 0 Å². The van der Waals surface area contributed by atoms with Gasteiger partial charge in [0.05, 0.1) is 21.7 Å². The summed E-state index contributed by atoms with van der Waals surface area (Å²) in [5, 5.41) is 0.646. The number of ether oxygens (including phenoxy) is 1. The van der Waals surface area contributed by atoms with Crippen LogP contribution < -0.4 is 9.64 Å². The average molecular weight is 563 g/mol. The van der Waals surface area contributed by atoms with E-state index in [0.717, 1.165) is 47.7 Å². The zero-order valence-electron chi connectivity index (χ0n) is 22.1. The first kappa shape index (κ1) is 28.4. The number of halogens is 1. The zero-order chi connectivity index (χ0) is 27.3. The molecule has 0 spiro atoms. The molecule has 2 heterocycles. The van der Waals surface area contributed by atoms with Gasteiger partial charge in [-0.3, -0.25) is 9.69 Å². The monoisotopic (exact) mass is 562 g/mol. The van der Waals surface area contributed by atoms with Gasteiger partial charge in [-0.25, -0.2) is 17.8 Å². The maximum absolute atomic E-state index is 13.8. The Morgan fingerprint density at radius 3 is 2.39 bits per heavy atom. The van der Waals surface area contributed by atoms with E-state index in [0.29, 0.717) is 31.1 Å². The fourth-order valence-corrected chi connectivity index (χ4v) is 7.16. The van der Waals surface area contributed by atoms with Crippen molar-refractivity contribution in [3.63, 3.8) is 0 Å². The van der Waals surface area contributed by atoms with Gasteiger partial charge in [-0.15, -0.1) is 0 Å². The molecule has 8 nitrogen and oxygen atoms in total. The Labute approximate surface area is 228 Å². The molecule has 1 aromatic heterocycles. The number of piperidine rings is 1. The van der Waals surface area contributed by atoms with Gasteiger partial charge in [0.15, 0.2) is 5.13 Å². The minimum absolute atomic E-state index is 0.0277. The van der Waals surface area contributed by atoms with E-state index in [-0.39, 0.29) is 29.8 Å². The number of carbonyl (C=O) groups excluding carboxylic acids is 1. The Bertz CT molecular complexity index is 1330. The van der Waals surface area contributed by atoms with Gasteiger partial charge < -0.3 is 9.64 Å². The van der Waals surface area contributed by atoms with Crippen molar-refractivity contribution in [3.05, 3.63) is 48.3 Å². The normalized spacial score (nSPS) is 15.3. The molecular weight excluding hydrogens is 527 g/mol. The van der Waals surface area contributed by atoms with Gasteiger partial charge in [0.2, 0.25) is 15.9 Å². The van der Waals surface area contributed by atoms with Gasteiger partial charge in [0, 0.05) is 32.1 Å². The number of anilines is 1. The molecule has 4 rings (SSSR count). The molecular formula is C27H35FN4O4S2. The predicted molar refractivity (Wildman–Crippen MR) is 149 cm³/mol. The quantitative estimate of drug-likeness (QED) is 0.340. The molecule has 0 radical (unpaired) electrons. The highest BCUT2D eigenvalue weighted by atomic mass is 32.2. The highest BCUT2D eigenvalue weighted by Crippen LogP contribution is 2.34. The highest BCUT2D eigenvalue weighted by Gasteiger charge is 2.35. The molecule has 11 heteroatoms. The van der Waals surface area contributed by atoms with Crippen LogP contribution in [0.3, 0.4) is 0 Å². The van der Waals surface area contributed by atoms with Gasteiger partial charge in [-0.2, -0.15) is 4.31 Å². The summed E-state index contributed by atoms with van der Waals surface area (Å²) in [6, 6.07) is 10.6. The zero-order valence-corrected chi connectivity index (χ0v) is 23.7.